The maximum Gasteiger partial charge on any atom is 0.0954 e. The van der Waals surface area contributed by atoms with Crippen molar-refractivity contribution in [2.24, 2.45) is 5.92 Å². The third-order valence-electron chi connectivity index (χ3n) is 4.46. The molecule has 0 saturated carbocycles. The van der Waals surface area contributed by atoms with Crippen molar-refractivity contribution in [2.45, 2.75) is 32.0 Å². The van der Waals surface area contributed by atoms with E-state index in [0.717, 1.165) is 39.1 Å². The SMILES string of the molecule is CC1CN(CC2OCCc3ccccc32)CCC1O. The molecule has 0 amide bonds. The first-order valence-electron chi connectivity index (χ1n) is 7.34. The van der Waals surface area contributed by atoms with Crippen LogP contribution in [0, 0.1) is 5.92 Å². The molecule has 0 aliphatic carbocycles. The number of aliphatic hydroxyl groups is 1. The molecular formula is C16H23NO2. The van der Waals surface area contributed by atoms with Gasteiger partial charge in [-0.3, -0.25) is 4.90 Å². The summed E-state index contributed by atoms with van der Waals surface area (Å²) in [5, 5.41) is 9.80. The van der Waals surface area contributed by atoms with Gasteiger partial charge in [0.15, 0.2) is 0 Å². The van der Waals surface area contributed by atoms with Gasteiger partial charge in [-0.1, -0.05) is 31.2 Å². The molecule has 1 saturated heterocycles. The van der Waals surface area contributed by atoms with E-state index >= 15 is 0 Å². The number of hydrogen-bond donors (Lipinski definition) is 1. The molecule has 3 nitrogen and oxygen atoms in total. The van der Waals surface area contributed by atoms with Crippen molar-refractivity contribution in [3.8, 4) is 0 Å². The van der Waals surface area contributed by atoms with Gasteiger partial charge >= 0.3 is 0 Å². The monoisotopic (exact) mass is 261 g/mol. The zero-order valence-corrected chi connectivity index (χ0v) is 11.6. The zero-order valence-electron chi connectivity index (χ0n) is 11.6. The molecule has 1 aromatic rings. The Bertz CT molecular complexity index is 435. The lowest BCUT2D eigenvalue weighted by atomic mass is 9.94. The van der Waals surface area contributed by atoms with Crippen LogP contribution in [0.4, 0.5) is 0 Å². The zero-order chi connectivity index (χ0) is 13.2. The van der Waals surface area contributed by atoms with Crippen LogP contribution in [0.1, 0.15) is 30.6 Å². The number of aliphatic hydroxyl groups excluding tert-OH is 1. The Labute approximate surface area is 115 Å². The number of benzene rings is 1. The van der Waals surface area contributed by atoms with Crippen LogP contribution in [0.5, 0.6) is 0 Å². The second-order valence-electron chi connectivity index (χ2n) is 5.90. The van der Waals surface area contributed by atoms with Crippen LogP contribution in [0.25, 0.3) is 0 Å². The van der Waals surface area contributed by atoms with Gasteiger partial charge in [-0.05, 0) is 29.9 Å². The van der Waals surface area contributed by atoms with E-state index in [1.54, 1.807) is 0 Å². The molecule has 3 rings (SSSR count). The van der Waals surface area contributed by atoms with Gasteiger partial charge in [0.25, 0.3) is 0 Å². The Balaban J connectivity index is 1.68. The number of nitrogens with zero attached hydrogens (tertiary/aromatic N) is 1. The van der Waals surface area contributed by atoms with Crippen LogP contribution in [-0.2, 0) is 11.2 Å². The fourth-order valence-electron chi connectivity index (χ4n) is 3.25. The summed E-state index contributed by atoms with van der Waals surface area (Å²) in [5.74, 6) is 0.368. The average molecular weight is 261 g/mol. The second-order valence-corrected chi connectivity index (χ2v) is 5.90. The van der Waals surface area contributed by atoms with Gasteiger partial charge in [0.2, 0.25) is 0 Å². The van der Waals surface area contributed by atoms with E-state index in [-0.39, 0.29) is 12.2 Å². The van der Waals surface area contributed by atoms with Crippen molar-refractivity contribution in [3.05, 3.63) is 35.4 Å². The Kier molecular flexibility index (Phi) is 3.87. The van der Waals surface area contributed by atoms with Gasteiger partial charge < -0.3 is 9.84 Å². The normalized spacial score (nSPS) is 32.0. The van der Waals surface area contributed by atoms with Crippen molar-refractivity contribution in [1.82, 2.24) is 4.90 Å². The number of likely N-dealkylation sites (tertiary alicyclic amines) is 1. The van der Waals surface area contributed by atoms with Crippen LogP contribution < -0.4 is 0 Å². The van der Waals surface area contributed by atoms with Crippen LogP contribution in [0.2, 0.25) is 0 Å². The van der Waals surface area contributed by atoms with Crippen LogP contribution in [-0.4, -0.2) is 42.4 Å². The molecule has 3 atom stereocenters. The molecule has 0 bridgehead atoms. The highest BCUT2D eigenvalue weighted by Crippen LogP contribution is 2.29. The molecule has 0 aromatic heterocycles. The van der Waals surface area contributed by atoms with E-state index in [1.807, 2.05) is 0 Å². The topological polar surface area (TPSA) is 32.7 Å². The largest absolute Gasteiger partial charge is 0.393 e. The molecule has 19 heavy (non-hydrogen) atoms. The number of piperidine rings is 1. The summed E-state index contributed by atoms with van der Waals surface area (Å²) in [6.45, 7) is 5.87. The minimum atomic E-state index is -0.129. The first kappa shape index (κ1) is 13.1. The maximum absolute atomic E-state index is 9.80. The highest BCUT2D eigenvalue weighted by Gasteiger charge is 2.28. The van der Waals surface area contributed by atoms with Crippen molar-refractivity contribution < 1.29 is 9.84 Å². The molecule has 0 radical (unpaired) electrons. The third-order valence-corrected chi connectivity index (χ3v) is 4.46. The minimum Gasteiger partial charge on any atom is -0.393 e. The Hall–Kier alpha value is -0.900. The third kappa shape index (κ3) is 2.83. The predicted octanol–water partition coefficient (Wildman–Crippen LogP) is 2.00. The van der Waals surface area contributed by atoms with E-state index in [1.165, 1.54) is 11.1 Å². The van der Waals surface area contributed by atoms with Gasteiger partial charge in [-0.15, -0.1) is 0 Å². The van der Waals surface area contributed by atoms with Crippen molar-refractivity contribution in [1.29, 1.82) is 0 Å². The number of fused-ring (bicyclic) bond motifs is 1. The molecule has 2 aliphatic rings. The standard InChI is InChI=1S/C16H23NO2/c1-12-10-17(8-6-15(12)18)11-16-14-5-3-2-4-13(14)7-9-19-16/h2-5,12,15-16,18H,6-11H2,1H3. The quantitative estimate of drug-likeness (QED) is 0.884. The maximum atomic E-state index is 9.80. The molecule has 3 unspecified atom stereocenters. The lowest BCUT2D eigenvalue weighted by molar-refractivity contribution is -0.0162. The summed E-state index contributed by atoms with van der Waals surface area (Å²) >= 11 is 0. The van der Waals surface area contributed by atoms with Crippen LogP contribution in [0.3, 0.4) is 0 Å². The molecule has 104 valence electrons. The average Bonchev–Trinajstić information content (AvgIpc) is 2.43. The van der Waals surface area contributed by atoms with E-state index in [0.29, 0.717) is 5.92 Å². The lowest BCUT2D eigenvalue weighted by Crippen LogP contribution is -2.44. The molecule has 2 heterocycles. The fraction of sp³-hybridized carbons (Fsp3) is 0.625. The first-order chi connectivity index (χ1) is 9.24. The van der Waals surface area contributed by atoms with Crippen molar-refractivity contribution in [3.63, 3.8) is 0 Å². The van der Waals surface area contributed by atoms with E-state index in [9.17, 15) is 5.11 Å². The Morgan fingerprint density at radius 2 is 2.21 bits per heavy atom. The predicted molar refractivity (Wildman–Crippen MR) is 75.1 cm³/mol. The molecular weight excluding hydrogens is 238 g/mol. The number of rotatable bonds is 2. The van der Waals surface area contributed by atoms with Gasteiger partial charge in [-0.25, -0.2) is 0 Å². The smallest absolute Gasteiger partial charge is 0.0954 e. The number of hydrogen-bond acceptors (Lipinski definition) is 3. The summed E-state index contributed by atoms with van der Waals surface area (Å²) < 4.78 is 5.97. The summed E-state index contributed by atoms with van der Waals surface area (Å²) in [5.41, 5.74) is 2.79. The highest BCUT2D eigenvalue weighted by atomic mass is 16.5. The van der Waals surface area contributed by atoms with Crippen molar-refractivity contribution in [2.75, 3.05) is 26.2 Å². The van der Waals surface area contributed by atoms with E-state index in [2.05, 4.69) is 36.1 Å². The van der Waals surface area contributed by atoms with Gasteiger partial charge in [0, 0.05) is 19.6 Å². The fourth-order valence-corrected chi connectivity index (χ4v) is 3.25. The molecule has 2 aliphatic heterocycles. The van der Waals surface area contributed by atoms with Crippen LogP contribution >= 0.6 is 0 Å². The summed E-state index contributed by atoms with van der Waals surface area (Å²) in [6, 6.07) is 8.62. The lowest BCUT2D eigenvalue weighted by Gasteiger charge is -2.37. The molecule has 1 fully saturated rings. The molecule has 0 spiro atoms. The molecule has 3 heteroatoms. The van der Waals surface area contributed by atoms with E-state index in [4.69, 9.17) is 4.74 Å². The van der Waals surface area contributed by atoms with Crippen LogP contribution in [0.15, 0.2) is 24.3 Å². The summed E-state index contributed by atoms with van der Waals surface area (Å²) in [4.78, 5) is 2.43. The van der Waals surface area contributed by atoms with Crippen molar-refractivity contribution >= 4 is 0 Å². The van der Waals surface area contributed by atoms with Gasteiger partial charge in [-0.2, -0.15) is 0 Å². The Morgan fingerprint density at radius 3 is 3.05 bits per heavy atom. The molecule has 1 N–H and O–H groups in total. The molecule has 1 aromatic carbocycles. The highest BCUT2D eigenvalue weighted by molar-refractivity contribution is 5.31. The summed E-state index contributed by atoms with van der Waals surface area (Å²) in [7, 11) is 0. The van der Waals surface area contributed by atoms with E-state index < -0.39 is 0 Å². The van der Waals surface area contributed by atoms with Gasteiger partial charge in [0.05, 0.1) is 18.8 Å². The van der Waals surface area contributed by atoms with Gasteiger partial charge in [0.1, 0.15) is 0 Å². The second kappa shape index (κ2) is 5.61. The Morgan fingerprint density at radius 1 is 1.37 bits per heavy atom. The number of ether oxygens (including phenoxy) is 1. The first-order valence-corrected chi connectivity index (χ1v) is 7.34. The minimum absolute atomic E-state index is 0.129. The summed E-state index contributed by atoms with van der Waals surface area (Å²) in [6.07, 6.45) is 1.99.